The number of carbonyl (C=O) groups excluding carboxylic acids is 3. The lowest BCUT2D eigenvalue weighted by atomic mass is 9.80. The van der Waals surface area contributed by atoms with E-state index < -0.39 is 6.04 Å². The molecule has 33 heavy (non-hydrogen) atoms. The number of amides is 2. The van der Waals surface area contributed by atoms with Gasteiger partial charge >= 0.3 is 0 Å². The second kappa shape index (κ2) is 10.8. The van der Waals surface area contributed by atoms with E-state index >= 15 is 0 Å². The number of hydrogen-bond acceptors (Lipinski definition) is 3. The first-order valence-electron chi connectivity index (χ1n) is 12.8. The zero-order chi connectivity index (χ0) is 24.2. The van der Waals surface area contributed by atoms with Crippen LogP contribution in [-0.4, -0.2) is 41.6 Å². The molecule has 0 radical (unpaired) electrons. The highest BCUT2D eigenvalue weighted by Gasteiger charge is 2.33. The smallest absolute Gasteiger partial charge is 0.251 e. The third-order valence-corrected chi connectivity index (χ3v) is 7.25. The molecule has 1 aliphatic carbocycles. The number of hydrogen-bond donors (Lipinski definition) is 1. The third kappa shape index (κ3) is 6.45. The average molecular weight is 457 g/mol. The summed E-state index contributed by atoms with van der Waals surface area (Å²) in [6.07, 6.45) is 7.45. The summed E-state index contributed by atoms with van der Waals surface area (Å²) in [4.78, 5) is 41.0. The lowest BCUT2D eigenvalue weighted by Crippen LogP contribution is -2.48. The molecule has 1 aromatic rings. The molecule has 1 aliphatic heterocycles. The highest BCUT2D eigenvalue weighted by Crippen LogP contribution is 2.31. The van der Waals surface area contributed by atoms with Crippen molar-refractivity contribution in [3.63, 3.8) is 0 Å². The Labute approximate surface area is 201 Å². The predicted octanol–water partition coefficient (Wildman–Crippen LogP) is 5.59. The van der Waals surface area contributed by atoms with Gasteiger partial charge in [0.2, 0.25) is 5.91 Å². The highest BCUT2D eigenvalue weighted by molar-refractivity contribution is 5.98. The molecule has 184 valence electrons. The van der Waals surface area contributed by atoms with Gasteiger partial charge in [0, 0.05) is 37.3 Å². The van der Waals surface area contributed by atoms with Gasteiger partial charge in [-0.2, -0.15) is 0 Å². The molecule has 2 atom stereocenters. The largest absolute Gasteiger partial charge is 0.342 e. The summed E-state index contributed by atoms with van der Waals surface area (Å²) < 4.78 is 0. The SMILES string of the molecule is CC(C)C(=O)[C@H](NC(=O)c1cccc(C2CCCN(C(=O)C(C)(C)C)C2)c1)C1CCCCC1.[HH]. The Hall–Kier alpha value is -2.17. The first kappa shape index (κ1) is 25.5. The molecule has 5 nitrogen and oxygen atoms in total. The van der Waals surface area contributed by atoms with Gasteiger partial charge in [-0.05, 0) is 49.3 Å². The van der Waals surface area contributed by atoms with Gasteiger partial charge in [0.05, 0.1) is 6.04 Å². The van der Waals surface area contributed by atoms with Crippen molar-refractivity contribution in [1.82, 2.24) is 10.2 Å². The van der Waals surface area contributed by atoms with Gasteiger partial charge in [-0.1, -0.05) is 66.0 Å². The van der Waals surface area contributed by atoms with Crippen LogP contribution in [0.1, 0.15) is 103 Å². The highest BCUT2D eigenvalue weighted by atomic mass is 16.2. The Morgan fingerprint density at radius 3 is 2.36 bits per heavy atom. The second-order valence-corrected chi connectivity index (χ2v) is 11.4. The molecule has 0 aromatic heterocycles. The molecule has 1 heterocycles. The maximum absolute atomic E-state index is 13.2. The Bertz CT molecular complexity index is 855. The summed E-state index contributed by atoms with van der Waals surface area (Å²) >= 11 is 0. The molecule has 2 fully saturated rings. The molecule has 2 aliphatic rings. The molecule has 3 rings (SSSR count). The van der Waals surface area contributed by atoms with Crippen molar-refractivity contribution in [2.75, 3.05) is 13.1 Å². The number of nitrogens with one attached hydrogen (secondary N) is 1. The first-order chi connectivity index (χ1) is 15.6. The summed E-state index contributed by atoms with van der Waals surface area (Å²) in [6, 6.07) is 7.37. The van der Waals surface area contributed by atoms with Crippen molar-refractivity contribution in [3.8, 4) is 0 Å². The van der Waals surface area contributed by atoms with Crippen LogP contribution in [-0.2, 0) is 9.59 Å². The molecule has 1 unspecified atom stereocenters. The number of nitrogens with zero attached hydrogens (tertiary/aromatic N) is 1. The second-order valence-electron chi connectivity index (χ2n) is 11.4. The molecule has 2 amide bonds. The van der Waals surface area contributed by atoms with Gasteiger partial charge in [-0.3, -0.25) is 14.4 Å². The van der Waals surface area contributed by atoms with Crippen LogP contribution in [0.5, 0.6) is 0 Å². The maximum atomic E-state index is 13.2. The zero-order valence-corrected chi connectivity index (χ0v) is 21.2. The quantitative estimate of drug-likeness (QED) is 0.607. The summed E-state index contributed by atoms with van der Waals surface area (Å²) in [5.41, 5.74) is 1.31. The zero-order valence-electron chi connectivity index (χ0n) is 21.2. The number of Topliss-reactive ketones (excluding diaryl/α,β-unsaturated/α-hetero) is 1. The van der Waals surface area contributed by atoms with E-state index in [-0.39, 0.29) is 42.2 Å². The van der Waals surface area contributed by atoms with Crippen LogP contribution in [0.3, 0.4) is 0 Å². The standard InChI is InChI=1S/C28H42N2O3.H2/c1-19(2)25(31)24(20-11-7-6-8-12-20)29-26(32)22-14-9-13-21(17-22)23-15-10-16-30(18-23)27(33)28(3,4)5;/h9,13-14,17,19-20,23-24H,6-8,10-12,15-16,18H2,1-5H3,(H,29,32);1H/t23?,24-;/m1./s1. The molecule has 5 heteroatoms. The van der Waals surface area contributed by atoms with E-state index in [0.29, 0.717) is 12.1 Å². The van der Waals surface area contributed by atoms with Crippen LogP contribution >= 0.6 is 0 Å². The van der Waals surface area contributed by atoms with Crippen LogP contribution in [0.25, 0.3) is 0 Å². The number of likely N-dealkylation sites (tertiary alicyclic amines) is 1. The van der Waals surface area contributed by atoms with Gasteiger partial charge in [0.25, 0.3) is 5.91 Å². The van der Waals surface area contributed by atoms with E-state index in [1.807, 2.05) is 57.7 Å². The normalized spacial score (nSPS) is 21.0. The number of rotatable bonds is 6. The minimum Gasteiger partial charge on any atom is -0.342 e. The van der Waals surface area contributed by atoms with E-state index in [9.17, 15) is 14.4 Å². The monoisotopic (exact) mass is 456 g/mol. The predicted molar refractivity (Wildman–Crippen MR) is 134 cm³/mol. The fraction of sp³-hybridized carbons (Fsp3) is 0.679. The number of benzene rings is 1. The van der Waals surface area contributed by atoms with Gasteiger partial charge in [0.15, 0.2) is 5.78 Å². The Balaban J connectivity index is 0.00000408. The van der Waals surface area contributed by atoms with Gasteiger partial charge in [-0.25, -0.2) is 0 Å². The van der Waals surface area contributed by atoms with E-state index in [1.165, 1.54) is 6.42 Å². The lowest BCUT2D eigenvalue weighted by molar-refractivity contribution is -0.140. The van der Waals surface area contributed by atoms with E-state index in [2.05, 4.69) is 11.4 Å². The topological polar surface area (TPSA) is 66.5 Å². The molecule has 0 spiro atoms. The summed E-state index contributed by atoms with van der Waals surface area (Å²) in [7, 11) is 0. The first-order valence-corrected chi connectivity index (χ1v) is 12.8. The molecular weight excluding hydrogens is 412 g/mol. The minimum atomic E-state index is -0.406. The minimum absolute atomic E-state index is 0. The third-order valence-electron chi connectivity index (χ3n) is 7.25. The van der Waals surface area contributed by atoms with Gasteiger partial charge in [0.1, 0.15) is 0 Å². The van der Waals surface area contributed by atoms with E-state index in [0.717, 1.165) is 50.6 Å². The van der Waals surface area contributed by atoms with Crippen LogP contribution in [0, 0.1) is 17.3 Å². The van der Waals surface area contributed by atoms with E-state index in [4.69, 9.17) is 0 Å². The van der Waals surface area contributed by atoms with Crippen molar-refractivity contribution in [2.24, 2.45) is 17.3 Å². The van der Waals surface area contributed by atoms with Crippen LogP contribution in [0.2, 0.25) is 0 Å². The Morgan fingerprint density at radius 1 is 1.03 bits per heavy atom. The van der Waals surface area contributed by atoms with E-state index in [1.54, 1.807) is 0 Å². The molecule has 1 N–H and O–H groups in total. The van der Waals surface area contributed by atoms with Crippen molar-refractivity contribution in [3.05, 3.63) is 35.4 Å². The fourth-order valence-corrected chi connectivity index (χ4v) is 5.31. The maximum Gasteiger partial charge on any atom is 0.251 e. The van der Waals surface area contributed by atoms with Crippen molar-refractivity contribution in [2.45, 2.75) is 91.5 Å². The fourth-order valence-electron chi connectivity index (χ4n) is 5.31. The van der Waals surface area contributed by atoms with Gasteiger partial charge in [-0.15, -0.1) is 0 Å². The van der Waals surface area contributed by atoms with Crippen LogP contribution in [0.15, 0.2) is 24.3 Å². The molecule has 1 aromatic carbocycles. The summed E-state index contributed by atoms with van der Waals surface area (Å²) in [6.45, 7) is 11.2. The molecule has 1 saturated carbocycles. The molecule has 0 bridgehead atoms. The molecule has 1 saturated heterocycles. The number of ketones is 1. The van der Waals surface area contributed by atoms with Crippen LogP contribution in [0.4, 0.5) is 0 Å². The average Bonchev–Trinajstić information content (AvgIpc) is 2.81. The number of piperidine rings is 1. The number of carbonyl (C=O) groups is 3. The Kier molecular flexibility index (Phi) is 8.36. The lowest BCUT2D eigenvalue weighted by Gasteiger charge is -2.36. The van der Waals surface area contributed by atoms with Crippen molar-refractivity contribution >= 4 is 17.6 Å². The summed E-state index contributed by atoms with van der Waals surface area (Å²) in [5.74, 6) is 0.510. The van der Waals surface area contributed by atoms with Crippen molar-refractivity contribution < 1.29 is 15.8 Å². The van der Waals surface area contributed by atoms with Crippen LogP contribution < -0.4 is 5.32 Å². The Morgan fingerprint density at radius 2 is 1.73 bits per heavy atom. The molecular formula is C28H44N2O3. The summed E-state index contributed by atoms with van der Waals surface area (Å²) in [5, 5.41) is 3.11. The van der Waals surface area contributed by atoms with Gasteiger partial charge < -0.3 is 10.2 Å². The van der Waals surface area contributed by atoms with Crippen molar-refractivity contribution in [1.29, 1.82) is 0 Å².